The van der Waals surface area contributed by atoms with Gasteiger partial charge in [-0.25, -0.2) is 4.98 Å². The molecule has 0 unspecified atom stereocenters. The third-order valence-corrected chi connectivity index (χ3v) is 4.70. The number of carbonyl (C=O) groups excluding carboxylic acids is 1. The van der Waals surface area contributed by atoms with Gasteiger partial charge in [-0.1, -0.05) is 44.2 Å². The van der Waals surface area contributed by atoms with E-state index in [2.05, 4.69) is 15.3 Å². The predicted octanol–water partition coefficient (Wildman–Crippen LogP) is 4.77. The van der Waals surface area contributed by atoms with Crippen LogP contribution in [0.15, 0.2) is 36.8 Å². The number of anilines is 1. The van der Waals surface area contributed by atoms with Crippen LogP contribution in [0.25, 0.3) is 11.3 Å². The van der Waals surface area contributed by atoms with Gasteiger partial charge in [0.15, 0.2) is 0 Å². The molecule has 1 aliphatic carbocycles. The van der Waals surface area contributed by atoms with E-state index < -0.39 is 0 Å². The number of benzene rings is 1. The minimum absolute atomic E-state index is 0.113. The molecule has 0 bridgehead atoms. The Labute approximate surface area is 137 Å². The first kappa shape index (κ1) is 15.8. The lowest BCUT2D eigenvalue weighted by Crippen LogP contribution is -2.12. The molecule has 23 heavy (non-hydrogen) atoms. The van der Waals surface area contributed by atoms with E-state index in [1.54, 1.807) is 12.5 Å². The van der Waals surface area contributed by atoms with E-state index in [1.165, 1.54) is 38.5 Å². The van der Waals surface area contributed by atoms with Crippen LogP contribution in [-0.2, 0) is 4.79 Å². The van der Waals surface area contributed by atoms with Crippen LogP contribution >= 0.6 is 0 Å². The smallest absolute Gasteiger partial charge is 0.224 e. The first-order valence-corrected chi connectivity index (χ1v) is 8.70. The molecule has 0 atom stereocenters. The average molecular weight is 311 g/mol. The van der Waals surface area contributed by atoms with Crippen LogP contribution in [-0.4, -0.2) is 15.9 Å². The summed E-state index contributed by atoms with van der Waals surface area (Å²) in [6.07, 6.45) is 13.1. The number of amides is 1. The number of hydrogen-bond acceptors (Lipinski definition) is 2. The Morgan fingerprint density at radius 1 is 1.26 bits per heavy atom. The maximum Gasteiger partial charge on any atom is 0.224 e. The van der Waals surface area contributed by atoms with Gasteiger partial charge in [-0.2, -0.15) is 0 Å². The monoisotopic (exact) mass is 311 g/mol. The van der Waals surface area contributed by atoms with Gasteiger partial charge in [0.25, 0.3) is 0 Å². The van der Waals surface area contributed by atoms with Gasteiger partial charge in [0, 0.05) is 17.7 Å². The van der Waals surface area contributed by atoms with Gasteiger partial charge in [0.05, 0.1) is 18.2 Å². The van der Waals surface area contributed by atoms with E-state index in [4.69, 9.17) is 0 Å². The summed E-state index contributed by atoms with van der Waals surface area (Å²) in [7, 11) is 0. The maximum atomic E-state index is 12.1. The molecule has 1 aliphatic rings. The third kappa shape index (κ3) is 4.68. The van der Waals surface area contributed by atoms with Gasteiger partial charge in [-0.3, -0.25) is 4.79 Å². The number of aromatic nitrogens is 2. The van der Waals surface area contributed by atoms with E-state index in [1.807, 2.05) is 24.3 Å². The standard InChI is InChI=1S/C19H25N3O/c23-19(11-4-8-15-6-2-1-3-7-15)22-17-10-5-9-16(12-17)18-13-20-14-21-18/h5,9-10,12-15H,1-4,6-8,11H2,(H,20,21)(H,22,23). The largest absolute Gasteiger partial charge is 0.345 e. The van der Waals surface area contributed by atoms with Crippen molar-refractivity contribution in [2.24, 2.45) is 5.92 Å². The summed E-state index contributed by atoms with van der Waals surface area (Å²) in [5, 5.41) is 3.01. The van der Waals surface area contributed by atoms with E-state index in [0.717, 1.165) is 29.3 Å². The van der Waals surface area contributed by atoms with Crippen molar-refractivity contribution in [2.45, 2.75) is 51.4 Å². The molecule has 1 fully saturated rings. The first-order chi connectivity index (χ1) is 11.3. The lowest BCUT2D eigenvalue weighted by molar-refractivity contribution is -0.116. The molecule has 0 spiro atoms. The second-order valence-corrected chi connectivity index (χ2v) is 6.49. The van der Waals surface area contributed by atoms with Gasteiger partial charge in [0.1, 0.15) is 0 Å². The second-order valence-electron chi connectivity index (χ2n) is 6.49. The summed E-state index contributed by atoms with van der Waals surface area (Å²) in [5.41, 5.74) is 2.83. The summed E-state index contributed by atoms with van der Waals surface area (Å²) < 4.78 is 0. The van der Waals surface area contributed by atoms with Crippen LogP contribution in [0.3, 0.4) is 0 Å². The highest BCUT2D eigenvalue weighted by atomic mass is 16.1. The van der Waals surface area contributed by atoms with E-state index in [9.17, 15) is 4.79 Å². The molecule has 2 N–H and O–H groups in total. The van der Waals surface area contributed by atoms with Gasteiger partial charge in [-0.15, -0.1) is 0 Å². The fourth-order valence-electron chi connectivity index (χ4n) is 3.43. The van der Waals surface area contributed by atoms with E-state index in [0.29, 0.717) is 6.42 Å². The topological polar surface area (TPSA) is 57.8 Å². The van der Waals surface area contributed by atoms with Gasteiger partial charge >= 0.3 is 0 Å². The highest BCUT2D eigenvalue weighted by Crippen LogP contribution is 2.27. The SMILES string of the molecule is O=C(CCCC1CCCCC1)Nc1cccc(-c2cnc[nH]2)c1. The minimum atomic E-state index is 0.113. The molecule has 0 radical (unpaired) electrons. The summed E-state index contributed by atoms with van der Waals surface area (Å²) >= 11 is 0. The molecule has 3 rings (SSSR count). The van der Waals surface area contributed by atoms with Gasteiger partial charge < -0.3 is 10.3 Å². The minimum Gasteiger partial charge on any atom is -0.345 e. The second kappa shape index (κ2) is 7.95. The maximum absolute atomic E-state index is 12.1. The van der Waals surface area contributed by atoms with Crippen LogP contribution in [0, 0.1) is 5.92 Å². The Kier molecular flexibility index (Phi) is 5.46. The number of rotatable bonds is 6. The summed E-state index contributed by atoms with van der Waals surface area (Å²) in [4.78, 5) is 19.2. The number of nitrogens with one attached hydrogen (secondary N) is 2. The molecule has 1 aromatic heterocycles. The molecule has 2 aromatic rings. The lowest BCUT2D eigenvalue weighted by Gasteiger charge is -2.21. The first-order valence-electron chi connectivity index (χ1n) is 8.70. The predicted molar refractivity (Wildman–Crippen MR) is 93.1 cm³/mol. The molecule has 1 amide bonds. The zero-order valence-corrected chi connectivity index (χ0v) is 13.6. The zero-order valence-electron chi connectivity index (χ0n) is 13.6. The average Bonchev–Trinajstić information content (AvgIpc) is 3.11. The molecule has 4 heteroatoms. The fourth-order valence-corrected chi connectivity index (χ4v) is 3.43. The Bertz CT molecular complexity index is 615. The zero-order chi connectivity index (χ0) is 15.9. The number of aromatic amines is 1. The third-order valence-electron chi connectivity index (χ3n) is 4.70. The summed E-state index contributed by atoms with van der Waals surface area (Å²) in [6.45, 7) is 0. The Balaban J connectivity index is 1.47. The van der Waals surface area contributed by atoms with Gasteiger partial charge in [-0.05, 0) is 30.9 Å². The highest BCUT2D eigenvalue weighted by molar-refractivity contribution is 5.91. The summed E-state index contributed by atoms with van der Waals surface area (Å²) in [5.74, 6) is 0.961. The van der Waals surface area contributed by atoms with Crippen molar-refractivity contribution in [1.82, 2.24) is 9.97 Å². The molecule has 1 heterocycles. The van der Waals surface area contributed by atoms with Crippen molar-refractivity contribution in [3.63, 3.8) is 0 Å². The quantitative estimate of drug-likeness (QED) is 0.807. The van der Waals surface area contributed by atoms with Crippen molar-refractivity contribution in [1.29, 1.82) is 0 Å². The Morgan fingerprint density at radius 3 is 2.91 bits per heavy atom. The van der Waals surface area contributed by atoms with Crippen molar-refractivity contribution < 1.29 is 4.79 Å². The Morgan fingerprint density at radius 2 is 2.13 bits per heavy atom. The molecular weight excluding hydrogens is 286 g/mol. The molecule has 4 nitrogen and oxygen atoms in total. The van der Waals surface area contributed by atoms with Crippen LogP contribution in [0.5, 0.6) is 0 Å². The van der Waals surface area contributed by atoms with Gasteiger partial charge in [0.2, 0.25) is 5.91 Å². The number of hydrogen-bond donors (Lipinski definition) is 2. The van der Waals surface area contributed by atoms with E-state index in [-0.39, 0.29) is 5.91 Å². The molecule has 1 aromatic carbocycles. The Hall–Kier alpha value is -2.10. The van der Waals surface area contributed by atoms with Crippen molar-refractivity contribution in [3.8, 4) is 11.3 Å². The molecule has 0 saturated heterocycles. The van der Waals surface area contributed by atoms with Crippen LogP contribution < -0.4 is 5.32 Å². The van der Waals surface area contributed by atoms with Crippen LogP contribution in [0.1, 0.15) is 51.4 Å². The fraction of sp³-hybridized carbons (Fsp3) is 0.474. The number of nitrogens with zero attached hydrogens (tertiary/aromatic N) is 1. The van der Waals surface area contributed by atoms with Crippen molar-refractivity contribution in [2.75, 3.05) is 5.32 Å². The summed E-state index contributed by atoms with van der Waals surface area (Å²) in [6, 6.07) is 7.87. The molecule has 0 aliphatic heterocycles. The number of H-pyrrole nitrogens is 1. The number of carbonyl (C=O) groups is 1. The lowest BCUT2D eigenvalue weighted by atomic mass is 9.86. The highest BCUT2D eigenvalue weighted by Gasteiger charge is 2.13. The number of imidazole rings is 1. The van der Waals surface area contributed by atoms with Crippen molar-refractivity contribution >= 4 is 11.6 Å². The molecule has 1 saturated carbocycles. The van der Waals surface area contributed by atoms with Crippen molar-refractivity contribution in [3.05, 3.63) is 36.8 Å². The molecule has 122 valence electrons. The van der Waals surface area contributed by atoms with Crippen LogP contribution in [0.2, 0.25) is 0 Å². The normalized spacial score (nSPS) is 15.5. The molecular formula is C19H25N3O. The van der Waals surface area contributed by atoms with Crippen LogP contribution in [0.4, 0.5) is 5.69 Å². The van der Waals surface area contributed by atoms with E-state index >= 15 is 0 Å².